The summed E-state index contributed by atoms with van der Waals surface area (Å²) in [7, 11) is 0. The summed E-state index contributed by atoms with van der Waals surface area (Å²) in [6.07, 6.45) is -0.656. The molecule has 0 saturated heterocycles. The number of aryl methyl sites for hydroxylation is 8. The van der Waals surface area contributed by atoms with Crippen molar-refractivity contribution in [3.8, 4) is 0 Å². The maximum absolute atomic E-state index is 14.1. The summed E-state index contributed by atoms with van der Waals surface area (Å²) in [4.78, 5) is 55.4. The number of carbonyl (C=O) groups excluding carboxylic acids is 4. The van der Waals surface area contributed by atoms with Gasteiger partial charge >= 0.3 is 0 Å². The molecule has 4 rings (SSSR count). The van der Waals surface area contributed by atoms with Crippen LogP contribution in [0, 0.1) is 67.2 Å². The molecular weight excluding hydrogens is 600 g/mol. The van der Waals surface area contributed by atoms with E-state index < -0.39 is 35.5 Å². The topological polar surface area (TPSA) is 116 Å². The van der Waals surface area contributed by atoms with Crippen LogP contribution in [0.2, 0.25) is 0 Å². The number of anilines is 4. The van der Waals surface area contributed by atoms with Gasteiger partial charge in [0.05, 0.1) is 11.8 Å². The summed E-state index contributed by atoms with van der Waals surface area (Å²) in [6, 6.07) is 22.2. The summed E-state index contributed by atoms with van der Waals surface area (Å²) in [5.41, 5.74) is 10.5. The Morgan fingerprint density at radius 1 is 0.396 bits per heavy atom. The van der Waals surface area contributed by atoms with Gasteiger partial charge in [-0.3, -0.25) is 19.2 Å². The fourth-order valence-electron chi connectivity index (χ4n) is 5.41. The van der Waals surface area contributed by atoms with E-state index in [1.165, 1.54) is 0 Å². The van der Waals surface area contributed by atoms with Crippen LogP contribution in [0.5, 0.6) is 0 Å². The molecule has 8 heteroatoms. The van der Waals surface area contributed by atoms with Crippen LogP contribution in [0.3, 0.4) is 0 Å². The van der Waals surface area contributed by atoms with E-state index in [-0.39, 0.29) is 12.8 Å². The summed E-state index contributed by atoms with van der Waals surface area (Å²) >= 11 is 0. The number of amides is 4. The van der Waals surface area contributed by atoms with Gasteiger partial charge in [0.25, 0.3) is 0 Å². The standard InChI is InChI=1S/C40H46N4O4/c1-23-9-13-31(17-27(23)5)41-37(45)21-35(39(47)43-33-15-11-25(3)29(7)19-33)36(40(48)44-34-16-12-26(4)30(8)20-34)22-38(46)42-32-14-10-24(2)28(6)18-32/h9-20,35-36H,21-22H2,1-8H3,(H,41,45)(H,42,46)(H,43,47)(H,44,48). The lowest BCUT2D eigenvalue weighted by molar-refractivity contribution is -0.134. The zero-order valence-electron chi connectivity index (χ0n) is 29.1. The predicted octanol–water partition coefficient (Wildman–Crippen LogP) is 8.02. The molecule has 0 radical (unpaired) electrons. The minimum atomic E-state index is -1.18. The lowest BCUT2D eigenvalue weighted by Crippen LogP contribution is -2.40. The second kappa shape index (κ2) is 15.6. The number of hydrogen-bond donors (Lipinski definition) is 4. The average Bonchev–Trinajstić information content (AvgIpc) is 3.02. The zero-order chi connectivity index (χ0) is 35.1. The molecule has 4 N–H and O–H groups in total. The van der Waals surface area contributed by atoms with Crippen molar-refractivity contribution < 1.29 is 19.2 Å². The monoisotopic (exact) mass is 646 g/mol. The third-order valence-electron chi connectivity index (χ3n) is 9.10. The van der Waals surface area contributed by atoms with E-state index in [2.05, 4.69) is 21.3 Å². The third kappa shape index (κ3) is 9.41. The molecule has 0 fully saturated rings. The Morgan fingerprint density at radius 3 is 0.896 bits per heavy atom. The molecule has 0 aromatic heterocycles. The molecule has 48 heavy (non-hydrogen) atoms. The molecule has 0 heterocycles. The number of benzene rings is 4. The Kier molecular flexibility index (Phi) is 11.5. The molecular formula is C40H46N4O4. The van der Waals surface area contributed by atoms with Gasteiger partial charge < -0.3 is 21.3 Å². The smallest absolute Gasteiger partial charge is 0.228 e. The Balaban J connectivity index is 1.70. The van der Waals surface area contributed by atoms with E-state index in [0.29, 0.717) is 22.7 Å². The van der Waals surface area contributed by atoms with Gasteiger partial charge in [-0.05, 0) is 148 Å². The van der Waals surface area contributed by atoms with E-state index in [1.807, 2.05) is 104 Å². The van der Waals surface area contributed by atoms with Crippen LogP contribution in [-0.4, -0.2) is 23.6 Å². The second-order valence-corrected chi connectivity index (χ2v) is 12.9. The van der Waals surface area contributed by atoms with Crippen molar-refractivity contribution in [2.24, 2.45) is 11.8 Å². The number of hydrogen-bond acceptors (Lipinski definition) is 4. The number of carbonyl (C=O) groups is 4. The largest absolute Gasteiger partial charge is 0.326 e. The Bertz CT molecular complexity index is 1730. The van der Waals surface area contributed by atoms with Crippen molar-refractivity contribution in [2.45, 2.75) is 68.2 Å². The first kappa shape index (κ1) is 35.6. The molecule has 4 aromatic rings. The summed E-state index contributed by atoms with van der Waals surface area (Å²) in [5.74, 6) is -4.33. The van der Waals surface area contributed by atoms with Crippen LogP contribution in [0.15, 0.2) is 72.8 Å². The van der Waals surface area contributed by atoms with E-state index in [0.717, 1.165) is 44.5 Å². The van der Waals surface area contributed by atoms with Crippen LogP contribution < -0.4 is 21.3 Å². The van der Waals surface area contributed by atoms with E-state index >= 15 is 0 Å². The van der Waals surface area contributed by atoms with Gasteiger partial charge in [0.1, 0.15) is 0 Å². The highest BCUT2D eigenvalue weighted by atomic mass is 16.2. The highest BCUT2D eigenvalue weighted by Crippen LogP contribution is 2.28. The molecule has 4 amide bonds. The molecule has 0 bridgehead atoms. The molecule has 250 valence electrons. The summed E-state index contributed by atoms with van der Waals surface area (Å²) < 4.78 is 0. The van der Waals surface area contributed by atoms with E-state index in [9.17, 15) is 19.2 Å². The normalized spacial score (nSPS) is 12.1. The van der Waals surface area contributed by atoms with Gasteiger partial charge in [-0.25, -0.2) is 0 Å². The van der Waals surface area contributed by atoms with Gasteiger partial charge in [-0.1, -0.05) is 24.3 Å². The van der Waals surface area contributed by atoms with Gasteiger partial charge in [0.2, 0.25) is 23.6 Å². The van der Waals surface area contributed by atoms with Crippen LogP contribution in [0.25, 0.3) is 0 Å². The van der Waals surface area contributed by atoms with Crippen molar-refractivity contribution in [3.63, 3.8) is 0 Å². The minimum Gasteiger partial charge on any atom is -0.326 e. The first-order chi connectivity index (χ1) is 22.7. The van der Waals surface area contributed by atoms with Crippen LogP contribution in [-0.2, 0) is 19.2 Å². The Morgan fingerprint density at radius 2 is 0.646 bits per heavy atom. The van der Waals surface area contributed by atoms with Gasteiger partial charge in [-0.15, -0.1) is 0 Å². The van der Waals surface area contributed by atoms with Gasteiger partial charge in [-0.2, -0.15) is 0 Å². The Hall–Kier alpha value is -5.24. The Labute approximate surface area is 283 Å². The fourth-order valence-corrected chi connectivity index (χ4v) is 5.41. The van der Waals surface area contributed by atoms with E-state index in [1.54, 1.807) is 24.3 Å². The van der Waals surface area contributed by atoms with Crippen molar-refractivity contribution in [1.82, 2.24) is 0 Å². The van der Waals surface area contributed by atoms with E-state index in [4.69, 9.17) is 0 Å². The number of nitrogens with one attached hydrogen (secondary N) is 4. The van der Waals surface area contributed by atoms with Crippen LogP contribution in [0.1, 0.15) is 57.3 Å². The van der Waals surface area contributed by atoms with Gasteiger partial charge in [0.15, 0.2) is 0 Å². The van der Waals surface area contributed by atoms with Crippen LogP contribution >= 0.6 is 0 Å². The molecule has 0 saturated carbocycles. The molecule has 0 aliphatic carbocycles. The molecule has 2 unspecified atom stereocenters. The molecule has 0 spiro atoms. The predicted molar refractivity (Wildman–Crippen MR) is 194 cm³/mol. The highest BCUT2D eigenvalue weighted by Gasteiger charge is 2.37. The summed E-state index contributed by atoms with van der Waals surface area (Å²) in [5, 5.41) is 11.6. The first-order valence-electron chi connectivity index (χ1n) is 16.2. The molecule has 4 aromatic carbocycles. The minimum absolute atomic E-state index is 0.328. The lowest BCUT2D eigenvalue weighted by Gasteiger charge is -2.26. The maximum Gasteiger partial charge on any atom is 0.228 e. The lowest BCUT2D eigenvalue weighted by atomic mass is 9.84. The van der Waals surface area contributed by atoms with Crippen molar-refractivity contribution >= 4 is 46.4 Å². The average molecular weight is 647 g/mol. The van der Waals surface area contributed by atoms with Crippen molar-refractivity contribution in [1.29, 1.82) is 0 Å². The van der Waals surface area contributed by atoms with Gasteiger partial charge in [0, 0.05) is 35.6 Å². The van der Waals surface area contributed by atoms with Crippen molar-refractivity contribution in [2.75, 3.05) is 21.3 Å². The molecule has 0 aliphatic heterocycles. The molecule has 8 nitrogen and oxygen atoms in total. The maximum atomic E-state index is 14.1. The molecule has 2 atom stereocenters. The van der Waals surface area contributed by atoms with Crippen LogP contribution in [0.4, 0.5) is 22.7 Å². The number of rotatable bonds is 11. The second-order valence-electron chi connectivity index (χ2n) is 12.9. The van der Waals surface area contributed by atoms with Crippen molar-refractivity contribution in [3.05, 3.63) is 117 Å². The zero-order valence-corrected chi connectivity index (χ0v) is 29.1. The molecule has 0 aliphatic rings. The third-order valence-corrected chi connectivity index (χ3v) is 9.10. The highest BCUT2D eigenvalue weighted by molar-refractivity contribution is 6.05. The summed E-state index contributed by atoms with van der Waals surface area (Å²) in [6.45, 7) is 15.7. The SMILES string of the molecule is Cc1ccc(NC(=O)CC(C(=O)Nc2ccc(C)c(C)c2)C(CC(=O)Nc2ccc(C)c(C)c2)C(=O)Nc2ccc(C)c(C)c2)cc1C. The first-order valence-corrected chi connectivity index (χ1v) is 16.2. The quantitative estimate of drug-likeness (QED) is 0.132. The fraction of sp³-hybridized carbons (Fsp3) is 0.300.